The van der Waals surface area contributed by atoms with E-state index in [1.807, 2.05) is 6.08 Å². The van der Waals surface area contributed by atoms with Gasteiger partial charge in [0.2, 0.25) is 0 Å². The van der Waals surface area contributed by atoms with E-state index in [2.05, 4.69) is 11.7 Å². The summed E-state index contributed by atoms with van der Waals surface area (Å²) < 4.78 is 4.61. The third-order valence-electron chi connectivity index (χ3n) is 3.08. The number of methoxy groups -OCH3 is 1. The second-order valence-corrected chi connectivity index (χ2v) is 4.30. The molecule has 0 atom stereocenters. The Bertz CT molecular complexity index is 287. The summed E-state index contributed by atoms with van der Waals surface area (Å²) >= 11 is 0. The fourth-order valence-electron chi connectivity index (χ4n) is 2.10. The highest BCUT2D eigenvalue weighted by Crippen LogP contribution is 2.29. The average molecular weight is 222 g/mol. The Kier molecular flexibility index (Phi) is 5.91. The number of esters is 1. The van der Waals surface area contributed by atoms with E-state index >= 15 is 0 Å². The summed E-state index contributed by atoms with van der Waals surface area (Å²) in [6.45, 7) is 2.22. The zero-order valence-corrected chi connectivity index (χ0v) is 10.4. The number of unbranched alkanes of at least 4 members (excludes halogenated alkanes) is 1. The van der Waals surface area contributed by atoms with Crippen LogP contribution in [0.15, 0.2) is 23.3 Å². The van der Waals surface area contributed by atoms with Gasteiger partial charge in [0.1, 0.15) is 0 Å². The molecule has 16 heavy (non-hydrogen) atoms. The zero-order valence-electron chi connectivity index (χ0n) is 10.4. The van der Waals surface area contributed by atoms with Crippen molar-refractivity contribution >= 4 is 5.97 Å². The highest BCUT2D eigenvalue weighted by Gasteiger charge is 2.10. The third-order valence-corrected chi connectivity index (χ3v) is 3.08. The minimum absolute atomic E-state index is 0.257. The topological polar surface area (TPSA) is 26.3 Å². The molecule has 2 heteroatoms. The van der Waals surface area contributed by atoms with Crippen molar-refractivity contribution in [3.63, 3.8) is 0 Å². The molecule has 1 aliphatic rings. The molecule has 0 N–H and O–H groups in total. The fourth-order valence-corrected chi connectivity index (χ4v) is 2.10. The molecule has 0 heterocycles. The maximum absolute atomic E-state index is 11.0. The molecule has 0 saturated heterocycles. The molecule has 0 aromatic heterocycles. The summed E-state index contributed by atoms with van der Waals surface area (Å²) in [7, 11) is 1.42. The summed E-state index contributed by atoms with van der Waals surface area (Å²) in [6, 6.07) is 0. The molecule has 0 amide bonds. The van der Waals surface area contributed by atoms with Gasteiger partial charge in [-0.2, -0.15) is 0 Å². The van der Waals surface area contributed by atoms with Gasteiger partial charge in [0, 0.05) is 6.08 Å². The second kappa shape index (κ2) is 7.26. The third kappa shape index (κ3) is 4.21. The normalized spacial score (nSPS) is 16.9. The molecule has 2 nitrogen and oxygen atoms in total. The van der Waals surface area contributed by atoms with Crippen molar-refractivity contribution in [2.75, 3.05) is 7.11 Å². The van der Waals surface area contributed by atoms with Gasteiger partial charge in [-0.25, -0.2) is 4.79 Å². The van der Waals surface area contributed by atoms with Crippen LogP contribution in [-0.2, 0) is 9.53 Å². The summed E-state index contributed by atoms with van der Waals surface area (Å²) in [5.74, 6) is -0.257. The fraction of sp³-hybridized carbons (Fsp3) is 0.643. The van der Waals surface area contributed by atoms with E-state index < -0.39 is 0 Å². The number of hydrogen-bond donors (Lipinski definition) is 0. The molecule has 1 rings (SSSR count). The van der Waals surface area contributed by atoms with Crippen LogP contribution in [0.4, 0.5) is 0 Å². The van der Waals surface area contributed by atoms with Crippen LogP contribution in [0.25, 0.3) is 0 Å². The largest absolute Gasteiger partial charge is 0.466 e. The Hall–Kier alpha value is -1.05. The summed E-state index contributed by atoms with van der Waals surface area (Å²) in [6.07, 6.45) is 12.1. The van der Waals surface area contributed by atoms with Gasteiger partial charge in [0.25, 0.3) is 0 Å². The van der Waals surface area contributed by atoms with Crippen molar-refractivity contribution in [3.8, 4) is 0 Å². The first kappa shape index (κ1) is 13.0. The summed E-state index contributed by atoms with van der Waals surface area (Å²) in [4.78, 5) is 11.0. The van der Waals surface area contributed by atoms with Crippen LogP contribution in [0.5, 0.6) is 0 Å². The van der Waals surface area contributed by atoms with Crippen molar-refractivity contribution in [3.05, 3.63) is 23.3 Å². The van der Waals surface area contributed by atoms with Gasteiger partial charge in [0.15, 0.2) is 0 Å². The first-order valence-corrected chi connectivity index (χ1v) is 6.24. The number of carbonyl (C=O) groups is 1. The first-order valence-electron chi connectivity index (χ1n) is 6.24. The van der Waals surface area contributed by atoms with Gasteiger partial charge in [0.05, 0.1) is 7.11 Å². The van der Waals surface area contributed by atoms with Crippen LogP contribution in [0.1, 0.15) is 51.9 Å². The first-order chi connectivity index (χ1) is 7.77. The van der Waals surface area contributed by atoms with Gasteiger partial charge in [-0.3, -0.25) is 0 Å². The van der Waals surface area contributed by atoms with Crippen LogP contribution < -0.4 is 0 Å². The van der Waals surface area contributed by atoms with Crippen LogP contribution >= 0.6 is 0 Å². The zero-order chi connectivity index (χ0) is 11.8. The number of ether oxygens (including phenoxy) is 1. The van der Waals surface area contributed by atoms with E-state index in [-0.39, 0.29) is 5.97 Å². The number of carbonyl (C=O) groups excluding carboxylic acids is 1. The predicted molar refractivity (Wildman–Crippen MR) is 66.2 cm³/mol. The van der Waals surface area contributed by atoms with Crippen LogP contribution in [0.3, 0.4) is 0 Å². The van der Waals surface area contributed by atoms with Crippen molar-refractivity contribution in [1.29, 1.82) is 0 Å². The van der Waals surface area contributed by atoms with E-state index in [9.17, 15) is 4.79 Å². The lowest BCUT2D eigenvalue weighted by molar-refractivity contribution is -0.134. The Morgan fingerprint density at radius 3 is 2.81 bits per heavy atom. The molecule has 0 aromatic carbocycles. The highest BCUT2D eigenvalue weighted by molar-refractivity contribution is 5.82. The quantitative estimate of drug-likeness (QED) is 0.522. The van der Waals surface area contributed by atoms with Gasteiger partial charge in [-0.1, -0.05) is 25.0 Å². The van der Waals surface area contributed by atoms with E-state index in [0.29, 0.717) is 0 Å². The van der Waals surface area contributed by atoms with Crippen molar-refractivity contribution in [1.82, 2.24) is 0 Å². The Balaban J connectivity index is 2.66. The molecule has 0 unspecified atom stereocenters. The standard InChI is InChI=1S/C14H22O2/c1-3-4-7-12-8-5-6-9-13(12)10-11-14(15)16-2/h10-11H,3-9H2,1-2H3/b11-10+. The smallest absolute Gasteiger partial charge is 0.330 e. The molecule has 0 spiro atoms. The SMILES string of the molecule is CCCCC1=C(/C=C/C(=O)OC)CCCC1. The van der Waals surface area contributed by atoms with Crippen LogP contribution in [0.2, 0.25) is 0 Å². The van der Waals surface area contributed by atoms with Gasteiger partial charge < -0.3 is 4.74 Å². The average Bonchev–Trinajstić information content (AvgIpc) is 2.34. The molecule has 0 aliphatic heterocycles. The molecule has 0 fully saturated rings. The lowest BCUT2D eigenvalue weighted by Crippen LogP contribution is -2.00. The van der Waals surface area contributed by atoms with Crippen LogP contribution in [0, 0.1) is 0 Å². The summed E-state index contributed by atoms with van der Waals surface area (Å²) in [5, 5.41) is 0. The monoisotopic (exact) mass is 222 g/mol. The number of hydrogen-bond acceptors (Lipinski definition) is 2. The minimum Gasteiger partial charge on any atom is -0.466 e. The van der Waals surface area contributed by atoms with E-state index in [1.165, 1.54) is 51.2 Å². The van der Waals surface area contributed by atoms with Crippen molar-refractivity contribution in [2.24, 2.45) is 0 Å². The number of allylic oxidation sites excluding steroid dienone is 3. The second-order valence-electron chi connectivity index (χ2n) is 4.30. The lowest BCUT2D eigenvalue weighted by atomic mass is 9.88. The molecule has 0 saturated carbocycles. The van der Waals surface area contributed by atoms with Crippen molar-refractivity contribution < 1.29 is 9.53 Å². The molecule has 0 aromatic rings. The van der Waals surface area contributed by atoms with E-state index in [1.54, 1.807) is 11.6 Å². The maximum atomic E-state index is 11.0. The lowest BCUT2D eigenvalue weighted by Gasteiger charge is -2.18. The minimum atomic E-state index is -0.257. The molecule has 90 valence electrons. The van der Waals surface area contributed by atoms with Gasteiger partial charge >= 0.3 is 5.97 Å². The van der Waals surface area contributed by atoms with E-state index in [0.717, 1.165) is 6.42 Å². The molecule has 0 radical (unpaired) electrons. The maximum Gasteiger partial charge on any atom is 0.330 e. The highest BCUT2D eigenvalue weighted by atomic mass is 16.5. The van der Waals surface area contributed by atoms with Gasteiger partial charge in [-0.05, 0) is 44.1 Å². The van der Waals surface area contributed by atoms with Crippen LogP contribution in [-0.4, -0.2) is 13.1 Å². The van der Waals surface area contributed by atoms with Gasteiger partial charge in [-0.15, -0.1) is 0 Å². The summed E-state index contributed by atoms with van der Waals surface area (Å²) in [5.41, 5.74) is 2.92. The van der Waals surface area contributed by atoms with Crippen molar-refractivity contribution in [2.45, 2.75) is 51.9 Å². The Morgan fingerprint density at radius 1 is 1.38 bits per heavy atom. The Labute approximate surface area is 98.4 Å². The molecule has 0 bridgehead atoms. The molecular weight excluding hydrogens is 200 g/mol. The molecular formula is C14H22O2. The Morgan fingerprint density at radius 2 is 2.12 bits per heavy atom. The predicted octanol–water partition coefficient (Wildman–Crippen LogP) is 3.78. The number of rotatable bonds is 5. The molecule has 1 aliphatic carbocycles. The van der Waals surface area contributed by atoms with E-state index in [4.69, 9.17) is 0 Å².